The third-order valence-corrected chi connectivity index (χ3v) is 4.61. The van der Waals surface area contributed by atoms with Crippen molar-refractivity contribution < 1.29 is 0 Å². The van der Waals surface area contributed by atoms with Crippen LogP contribution in [-0.2, 0) is 6.54 Å². The van der Waals surface area contributed by atoms with Gasteiger partial charge in [-0.1, -0.05) is 12.1 Å². The van der Waals surface area contributed by atoms with Gasteiger partial charge in [0, 0.05) is 50.4 Å². The molecule has 7 heteroatoms. The van der Waals surface area contributed by atoms with Crippen molar-refractivity contribution in [3.05, 3.63) is 59.3 Å². The average Bonchev–Trinajstić information content (AvgIpc) is 2.67. The molecule has 1 saturated heterocycles. The van der Waals surface area contributed by atoms with E-state index in [2.05, 4.69) is 30.9 Å². The highest BCUT2D eigenvalue weighted by Crippen LogP contribution is 2.23. The van der Waals surface area contributed by atoms with Crippen molar-refractivity contribution >= 4 is 16.7 Å². The molecule has 0 unspecified atom stereocenters. The molecule has 0 saturated carbocycles. The van der Waals surface area contributed by atoms with Crippen molar-refractivity contribution in [2.45, 2.75) is 6.54 Å². The Morgan fingerprint density at radius 2 is 1.76 bits per heavy atom. The second-order valence-corrected chi connectivity index (χ2v) is 6.13. The topological polar surface area (TPSA) is 67.2 Å². The first-order chi connectivity index (χ1) is 12.3. The number of fused-ring (bicyclic) bond motifs is 1. The van der Waals surface area contributed by atoms with Crippen molar-refractivity contribution in [2.75, 3.05) is 37.6 Å². The summed E-state index contributed by atoms with van der Waals surface area (Å²) in [5.74, 6) is 1.01. The van der Waals surface area contributed by atoms with E-state index in [4.69, 9.17) is 0 Å². The Balaban J connectivity index is 1.40. The maximum absolute atomic E-state index is 11.7. The molecule has 0 radical (unpaired) electrons. The minimum absolute atomic E-state index is 0.0476. The van der Waals surface area contributed by atoms with Crippen LogP contribution in [0.1, 0.15) is 0 Å². The van der Waals surface area contributed by atoms with Crippen molar-refractivity contribution in [1.29, 1.82) is 0 Å². The lowest BCUT2D eigenvalue weighted by atomic mass is 10.2. The van der Waals surface area contributed by atoms with E-state index in [-0.39, 0.29) is 5.56 Å². The molecule has 0 aliphatic carbocycles. The van der Waals surface area contributed by atoms with E-state index in [1.807, 2.05) is 18.2 Å². The Kier molecular flexibility index (Phi) is 4.39. The van der Waals surface area contributed by atoms with Gasteiger partial charge in [0.05, 0.1) is 12.1 Å². The fourth-order valence-corrected chi connectivity index (χ4v) is 3.22. The number of aromatic nitrogens is 4. The maximum atomic E-state index is 11.7. The van der Waals surface area contributed by atoms with Gasteiger partial charge in [-0.25, -0.2) is 14.6 Å². The first-order valence-corrected chi connectivity index (χ1v) is 8.50. The second-order valence-electron chi connectivity index (χ2n) is 6.13. The van der Waals surface area contributed by atoms with Crippen LogP contribution in [0, 0.1) is 0 Å². The molecule has 3 aromatic rings. The zero-order valence-corrected chi connectivity index (χ0v) is 14.0. The Morgan fingerprint density at radius 1 is 0.920 bits per heavy atom. The Morgan fingerprint density at radius 3 is 2.60 bits per heavy atom. The fourth-order valence-electron chi connectivity index (χ4n) is 3.22. The quantitative estimate of drug-likeness (QED) is 0.708. The molecule has 0 spiro atoms. The summed E-state index contributed by atoms with van der Waals surface area (Å²) in [7, 11) is 0. The molecule has 4 rings (SSSR count). The van der Waals surface area contributed by atoms with Crippen LogP contribution in [-0.4, -0.2) is 57.4 Å². The van der Waals surface area contributed by atoms with Gasteiger partial charge in [0.25, 0.3) is 5.56 Å². The molecule has 0 amide bonds. The van der Waals surface area contributed by atoms with E-state index >= 15 is 0 Å². The predicted octanol–water partition coefficient (Wildman–Crippen LogP) is 1.01. The monoisotopic (exact) mass is 336 g/mol. The van der Waals surface area contributed by atoms with Crippen LogP contribution in [0.2, 0.25) is 0 Å². The lowest BCUT2D eigenvalue weighted by molar-refractivity contribution is 0.242. The number of hydrogen-bond donors (Lipinski definition) is 0. The van der Waals surface area contributed by atoms with E-state index in [1.54, 1.807) is 24.7 Å². The number of rotatable bonds is 4. The van der Waals surface area contributed by atoms with E-state index < -0.39 is 0 Å². The molecule has 1 aromatic carbocycles. The number of hydrogen-bond acceptors (Lipinski definition) is 6. The minimum atomic E-state index is -0.0476. The van der Waals surface area contributed by atoms with Crippen LogP contribution in [0.15, 0.2) is 53.7 Å². The molecule has 2 aromatic heterocycles. The van der Waals surface area contributed by atoms with Gasteiger partial charge in [-0.15, -0.1) is 0 Å². The number of piperazine rings is 1. The van der Waals surface area contributed by atoms with Crippen LogP contribution in [0.5, 0.6) is 0 Å². The molecule has 0 bridgehead atoms. The molecule has 3 heterocycles. The van der Waals surface area contributed by atoms with Gasteiger partial charge in [-0.2, -0.15) is 5.10 Å². The van der Waals surface area contributed by atoms with Crippen LogP contribution in [0.3, 0.4) is 0 Å². The summed E-state index contributed by atoms with van der Waals surface area (Å²) in [6.45, 7) is 5.17. The summed E-state index contributed by atoms with van der Waals surface area (Å²) in [5.41, 5.74) is 0.929. The molecular formula is C18H20N6O. The highest BCUT2D eigenvalue weighted by atomic mass is 16.1. The van der Waals surface area contributed by atoms with Crippen molar-refractivity contribution in [3.8, 4) is 0 Å². The third-order valence-electron chi connectivity index (χ3n) is 4.61. The van der Waals surface area contributed by atoms with Gasteiger partial charge in [0.15, 0.2) is 0 Å². The zero-order chi connectivity index (χ0) is 17.1. The largest absolute Gasteiger partial charge is 0.353 e. The molecule has 0 atom stereocenters. The highest BCUT2D eigenvalue weighted by molar-refractivity contribution is 5.89. The second kappa shape index (κ2) is 6.98. The molecule has 1 fully saturated rings. The van der Waals surface area contributed by atoms with Crippen molar-refractivity contribution in [2.24, 2.45) is 0 Å². The molecule has 1 aliphatic heterocycles. The predicted molar refractivity (Wildman–Crippen MR) is 96.7 cm³/mol. The number of anilines is 1. The summed E-state index contributed by atoms with van der Waals surface area (Å²) in [5, 5.41) is 5.21. The summed E-state index contributed by atoms with van der Waals surface area (Å²) >= 11 is 0. The summed E-state index contributed by atoms with van der Waals surface area (Å²) in [6.07, 6.45) is 3.29. The first-order valence-electron chi connectivity index (χ1n) is 8.50. The molecular weight excluding hydrogens is 316 g/mol. The third kappa shape index (κ3) is 3.36. The Hall–Kier alpha value is -2.80. The number of benzene rings is 1. The van der Waals surface area contributed by atoms with Crippen LogP contribution >= 0.6 is 0 Å². The first kappa shape index (κ1) is 15.7. The van der Waals surface area contributed by atoms with Crippen LogP contribution in [0.4, 0.5) is 5.82 Å². The van der Waals surface area contributed by atoms with Gasteiger partial charge in [-0.05, 0) is 18.2 Å². The number of nitrogens with zero attached hydrogens (tertiary/aromatic N) is 6. The SMILES string of the molecule is O=c1cccnn1CCN1CCN(c2ncnc3ccccc23)CC1. The Bertz CT molecular complexity index is 911. The van der Waals surface area contributed by atoms with Crippen LogP contribution < -0.4 is 10.5 Å². The summed E-state index contributed by atoms with van der Waals surface area (Å²) < 4.78 is 1.52. The molecule has 1 aliphatic rings. The van der Waals surface area contributed by atoms with Gasteiger partial charge >= 0.3 is 0 Å². The molecule has 25 heavy (non-hydrogen) atoms. The van der Waals surface area contributed by atoms with Crippen molar-refractivity contribution in [1.82, 2.24) is 24.6 Å². The molecule has 0 N–H and O–H groups in total. The average molecular weight is 336 g/mol. The van der Waals surface area contributed by atoms with Gasteiger partial charge in [-0.3, -0.25) is 9.69 Å². The lowest BCUT2D eigenvalue weighted by Gasteiger charge is -2.35. The van der Waals surface area contributed by atoms with E-state index in [9.17, 15) is 4.79 Å². The normalized spacial score (nSPS) is 15.6. The van der Waals surface area contributed by atoms with Crippen LogP contribution in [0.25, 0.3) is 10.9 Å². The lowest BCUT2D eigenvalue weighted by Crippen LogP contribution is -2.48. The standard InChI is InChI=1S/C18H20N6O/c25-17-6-3-7-21-24(17)13-10-22-8-11-23(12-9-22)18-15-4-1-2-5-16(15)19-14-20-18/h1-7,14H,8-13H2. The smallest absolute Gasteiger partial charge is 0.266 e. The number of para-hydroxylation sites is 1. The Labute approximate surface area is 145 Å². The summed E-state index contributed by atoms with van der Waals surface area (Å²) in [4.78, 5) is 25.2. The van der Waals surface area contributed by atoms with Crippen molar-refractivity contribution in [3.63, 3.8) is 0 Å². The van der Waals surface area contributed by atoms with Gasteiger partial charge < -0.3 is 4.90 Å². The zero-order valence-electron chi connectivity index (χ0n) is 14.0. The van der Waals surface area contributed by atoms with E-state index in [0.717, 1.165) is 49.4 Å². The molecule has 128 valence electrons. The summed E-state index contributed by atoms with van der Waals surface area (Å²) in [6, 6.07) is 11.3. The van der Waals surface area contributed by atoms with E-state index in [0.29, 0.717) is 6.54 Å². The van der Waals surface area contributed by atoms with E-state index in [1.165, 1.54) is 4.68 Å². The molecule has 7 nitrogen and oxygen atoms in total. The van der Waals surface area contributed by atoms with Gasteiger partial charge in [0.1, 0.15) is 12.1 Å². The minimum Gasteiger partial charge on any atom is -0.353 e. The maximum Gasteiger partial charge on any atom is 0.266 e. The van der Waals surface area contributed by atoms with Gasteiger partial charge in [0.2, 0.25) is 0 Å². The highest BCUT2D eigenvalue weighted by Gasteiger charge is 2.19. The fraction of sp³-hybridized carbons (Fsp3) is 0.333.